The first-order chi connectivity index (χ1) is 16.0. The van der Waals surface area contributed by atoms with Crippen molar-refractivity contribution in [3.05, 3.63) is 57.9 Å². The summed E-state index contributed by atoms with van der Waals surface area (Å²) in [6.45, 7) is 4.17. The minimum atomic E-state index is -0.689. The molecule has 172 valence electrons. The molecule has 6 heteroatoms. The molecule has 5 nitrogen and oxygen atoms in total. The summed E-state index contributed by atoms with van der Waals surface area (Å²) < 4.78 is 5.38. The summed E-state index contributed by atoms with van der Waals surface area (Å²) in [5.74, 6) is 6.48. The smallest absolute Gasteiger partial charge is 0.308 e. The van der Waals surface area contributed by atoms with Gasteiger partial charge in [-0.2, -0.15) is 0 Å². The van der Waals surface area contributed by atoms with E-state index >= 15 is 0 Å². The summed E-state index contributed by atoms with van der Waals surface area (Å²) in [5.41, 5.74) is 3.40. The number of carbonyl (C=O) groups is 1. The van der Waals surface area contributed by atoms with Crippen molar-refractivity contribution in [1.82, 2.24) is 9.88 Å². The van der Waals surface area contributed by atoms with Gasteiger partial charge in [0, 0.05) is 18.1 Å². The number of likely N-dealkylation sites (tertiary alicyclic amines) is 1. The monoisotopic (exact) mass is 462 g/mol. The molecule has 1 aliphatic heterocycles. The highest BCUT2D eigenvalue weighted by Gasteiger charge is 2.33. The van der Waals surface area contributed by atoms with Crippen molar-refractivity contribution in [3.8, 4) is 17.6 Å². The predicted molar refractivity (Wildman–Crippen MR) is 133 cm³/mol. The van der Waals surface area contributed by atoms with Crippen molar-refractivity contribution >= 4 is 28.2 Å². The van der Waals surface area contributed by atoms with Gasteiger partial charge in [0.25, 0.3) is 0 Å². The van der Waals surface area contributed by atoms with Gasteiger partial charge in [-0.15, -0.1) is 11.3 Å². The average molecular weight is 463 g/mol. The molecule has 0 unspecified atom stereocenters. The van der Waals surface area contributed by atoms with E-state index in [1.807, 2.05) is 24.4 Å². The van der Waals surface area contributed by atoms with Gasteiger partial charge in [0.2, 0.25) is 0 Å². The predicted octanol–water partition coefficient (Wildman–Crippen LogP) is 5.01. The molecule has 2 atom stereocenters. The van der Waals surface area contributed by atoms with E-state index < -0.39 is 5.97 Å². The molecule has 1 saturated heterocycles. The number of piperidine rings is 1. The fourth-order valence-corrected chi connectivity index (χ4v) is 5.44. The van der Waals surface area contributed by atoms with Crippen LogP contribution >= 0.6 is 11.3 Å². The quantitative estimate of drug-likeness (QED) is 0.500. The Morgan fingerprint density at radius 2 is 2.21 bits per heavy atom. The molecule has 0 bridgehead atoms. The number of aromatic nitrogens is 1. The summed E-state index contributed by atoms with van der Waals surface area (Å²) in [7, 11) is 1.67. The fraction of sp³-hybridized carbons (Fsp3) is 0.407. The molecule has 0 radical (unpaired) electrons. The number of hydrogen-bond donors (Lipinski definition) is 1. The molecule has 1 fully saturated rings. The van der Waals surface area contributed by atoms with Gasteiger partial charge < -0.3 is 9.84 Å². The van der Waals surface area contributed by atoms with E-state index in [9.17, 15) is 9.90 Å². The van der Waals surface area contributed by atoms with Crippen molar-refractivity contribution in [2.75, 3.05) is 26.7 Å². The molecular weight excluding hydrogens is 432 g/mol. The number of hydrogen-bond acceptors (Lipinski definition) is 5. The second-order valence-corrected chi connectivity index (χ2v) is 9.62. The second-order valence-electron chi connectivity index (χ2n) is 8.71. The number of thiophene rings is 1. The van der Waals surface area contributed by atoms with Gasteiger partial charge in [0.15, 0.2) is 0 Å². The number of rotatable bonds is 7. The van der Waals surface area contributed by atoms with Gasteiger partial charge in [0.05, 0.1) is 30.0 Å². The third-order valence-corrected chi connectivity index (χ3v) is 7.52. The molecule has 1 aromatic carbocycles. The average Bonchev–Trinajstić information content (AvgIpc) is 3.24. The van der Waals surface area contributed by atoms with E-state index in [1.165, 1.54) is 11.1 Å². The van der Waals surface area contributed by atoms with Crippen LogP contribution in [-0.4, -0.2) is 47.7 Å². The van der Waals surface area contributed by atoms with Gasteiger partial charge in [-0.05, 0) is 91.9 Å². The first-order valence-electron chi connectivity index (χ1n) is 11.4. The van der Waals surface area contributed by atoms with Crippen LogP contribution in [-0.2, 0) is 11.2 Å². The van der Waals surface area contributed by atoms with Gasteiger partial charge >= 0.3 is 5.97 Å². The largest absolute Gasteiger partial charge is 0.497 e. The van der Waals surface area contributed by atoms with E-state index in [-0.39, 0.29) is 11.8 Å². The maximum atomic E-state index is 12.0. The van der Waals surface area contributed by atoms with E-state index in [0.29, 0.717) is 13.1 Å². The molecule has 0 spiro atoms. The SMILES string of the molecule is COc1ccc2nccc(CCC[C@@H]3CCN(CC#Cc4sccc4C)C[C@@H]3C(=O)O)c2c1. The lowest BCUT2D eigenvalue weighted by Crippen LogP contribution is -2.44. The molecule has 3 heterocycles. The summed E-state index contributed by atoms with van der Waals surface area (Å²) in [4.78, 5) is 19.8. The Hall–Kier alpha value is -2.88. The number of pyridine rings is 1. The number of aliphatic carboxylic acids is 1. The number of carboxylic acid groups (broad SMARTS) is 1. The molecule has 1 aliphatic rings. The Morgan fingerprint density at radius 1 is 1.33 bits per heavy atom. The van der Waals surface area contributed by atoms with Crippen LogP contribution in [0.15, 0.2) is 41.9 Å². The number of ether oxygens (including phenoxy) is 1. The molecule has 4 rings (SSSR count). The minimum Gasteiger partial charge on any atom is -0.497 e. The van der Waals surface area contributed by atoms with Gasteiger partial charge in [-0.3, -0.25) is 14.7 Å². The van der Waals surface area contributed by atoms with E-state index in [0.717, 1.165) is 53.8 Å². The minimum absolute atomic E-state index is 0.203. The Morgan fingerprint density at radius 3 is 2.97 bits per heavy atom. The number of nitrogens with zero attached hydrogens (tertiary/aromatic N) is 2. The topological polar surface area (TPSA) is 62.7 Å². The number of aryl methyl sites for hydroxylation is 2. The Bertz CT molecular complexity index is 1180. The number of benzene rings is 1. The van der Waals surface area contributed by atoms with E-state index in [4.69, 9.17) is 4.74 Å². The molecule has 1 N–H and O–H groups in total. The van der Waals surface area contributed by atoms with Crippen LogP contribution in [0.4, 0.5) is 0 Å². The van der Waals surface area contributed by atoms with Gasteiger partial charge in [0.1, 0.15) is 5.75 Å². The van der Waals surface area contributed by atoms with Crippen LogP contribution in [0.3, 0.4) is 0 Å². The highest BCUT2D eigenvalue weighted by Crippen LogP contribution is 2.30. The zero-order valence-corrected chi connectivity index (χ0v) is 20.0. The van der Waals surface area contributed by atoms with Crippen LogP contribution < -0.4 is 4.74 Å². The van der Waals surface area contributed by atoms with Crippen molar-refractivity contribution in [2.24, 2.45) is 11.8 Å². The standard InChI is InChI=1S/C27H30N2O3S/c1-19-12-16-33-26(19)7-4-14-29-15-11-21(24(18-29)27(30)31)6-3-5-20-10-13-28-25-9-8-22(32-2)17-23(20)25/h8-10,12-13,16-17,21,24H,3,5-6,11,14-15,18H2,1-2H3,(H,30,31)/t21-,24+/m1/s1. The maximum absolute atomic E-state index is 12.0. The molecule has 3 aromatic rings. The Labute approximate surface area is 199 Å². The van der Waals surface area contributed by atoms with Gasteiger partial charge in [-0.25, -0.2) is 0 Å². The molecular formula is C27H30N2O3S. The maximum Gasteiger partial charge on any atom is 0.308 e. The zero-order chi connectivity index (χ0) is 23.2. The van der Waals surface area contributed by atoms with Crippen LogP contribution in [0.5, 0.6) is 5.75 Å². The number of carboxylic acids is 1. The molecule has 0 aliphatic carbocycles. The van der Waals surface area contributed by atoms with Crippen LogP contribution in [0.2, 0.25) is 0 Å². The Kier molecular flexibility index (Phi) is 7.64. The van der Waals surface area contributed by atoms with Crippen molar-refractivity contribution in [2.45, 2.75) is 32.6 Å². The molecule has 0 saturated carbocycles. The third-order valence-electron chi connectivity index (χ3n) is 6.58. The van der Waals surface area contributed by atoms with Crippen molar-refractivity contribution in [1.29, 1.82) is 0 Å². The third kappa shape index (κ3) is 5.73. The fourth-order valence-electron chi connectivity index (χ4n) is 4.65. The summed E-state index contributed by atoms with van der Waals surface area (Å²) >= 11 is 1.65. The number of fused-ring (bicyclic) bond motifs is 1. The van der Waals surface area contributed by atoms with Crippen LogP contribution in [0, 0.1) is 30.6 Å². The lowest BCUT2D eigenvalue weighted by Gasteiger charge is -2.35. The first kappa shape index (κ1) is 23.3. The van der Waals surface area contributed by atoms with Crippen molar-refractivity contribution in [3.63, 3.8) is 0 Å². The highest BCUT2D eigenvalue weighted by atomic mass is 32.1. The van der Waals surface area contributed by atoms with Crippen LogP contribution in [0.1, 0.15) is 35.3 Å². The lowest BCUT2D eigenvalue weighted by atomic mass is 9.81. The zero-order valence-electron chi connectivity index (χ0n) is 19.2. The van der Waals surface area contributed by atoms with E-state index in [2.05, 4.69) is 46.2 Å². The lowest BCUT2D eigenvalue weighted by molar-refractivity contribution is -0.146. The first-order valence-corrected chi connectivity index (χ1v) is 12.3. The van der Waals surface area contributed by atoms with E-state index in [1.54, 1.807) is 18.4 Å². The Balaban J connectivity index is 1.34. The van der Waals surface area contributed by atoms with Crippen LogP contribution in [0.25, 0.3) is 10.9 Å². The summed E-state index contributed by atoms with van der Waals surface area (Å²) in [6.07, 6.45) is 5.54. The van der Waals surface area contributed by atoms with Crippen molar-refractivity contribution < 1.29 is 14.6 Å². The number of methoxy groups -OCH3 is 1. The summed E-state index contributed by atoms with van der Waals surface area (Å²) in [6, 6.07) is 10.1. The normalized spacial score (nSPS) is 18.6. The molecule has 0 amide bonds. The highest BCUT2D eigenvalue weighted by molar-refractivity contribution is 7.10. The van der Waals surface area contributed by atoms with Gasteiger partial charge in [-0.1, -0.05) is 11.8 Å². The second kappa shape index (κ2) is 10.8. The summed E-state index contributed by atoms with van der Waals surface area (Å²) in [5, 5.41) is 13.0. The molecule has 2 aromatic heterocycles. The molecule has 33 heavy (non-hydrogen) atoms.